The van der Waals surface area contributed by atoms with Crippen molar-refractivity contribution in [3.8, 4) is 0 Å². The van der Waals surface area contributed by atoms with Gasteiger partial charge in [-0.2, -0.15) is 0 Å². The van der Waals surface area contributed by atoms with Gasteiger partial charge in [-0.25, -0.2) is 4.39 Å². The average molecular weight is 358 g/mol. The minimum absolute atomic E-state index is 0.120. The van der Waals surface area contributed by atoms with Crippen molar-refractivity contribution in [2.24, 2.45) is 5.92 Å². The predicted molar refractivity (Wildman–Crippen MR) is 79.2 cm³/mol. The van der Waals surface area contributed by atoms with Gasteiger partial charge in [-0.3, -0.25) is 9.59 Å². The fourth-order valence-corrected chi connectivity index (χ4v) is 3.28. The summed E-state index contributed by atoms with van der Waals surface area (Å²) in [6.07, 6.45) is 1.19. The summed E-state index contributed by atoms with van der Waals surface area (Å²) in [7, 11) is 0. The third-order valence-electron chi connectivity index (χ3n) is 3.88. The minimum atomic E-state index is -0.993. The van der Waals surface area contributed by atoms with E-state index in [-0.39, 0.29) is 11.5 Å². The van der Waals surface area contributed by atoms with Crippen LogP contribution in [0, 0.1) is 11.7 Å². The molecule has 114 valence electrons. The lowest BCUT2D eigenvalue weighted by molar-refractivity contribution is -0.146. The number of carbonyl (C=O) groups is 2. The Bertz CT molecular complexity index is 562. The Morgan fingerprint density at radius 3 is 2.86 bits per heavy atom. The van der Waals surface area contributed by atoms with Gasteiger partial charge in [0.2, 0.25) is 5.91 Å². The van der Waals surface area contributed by atoms with E-state index in [0.717, 1.165) is 0 Å². The van der Waals surface area contributed by atoms with Gasteiger partial charge in [-0.05, 0) is 38.0 Å². The first-order valence-corrected chi connectivity index (χ1v) is 7.72. The summed E-state index contributed by atoms with van der Waals surface area (Å²) in [5.74, 6) is -2.39. The lowest BCUT2D eigenvalue weighted by atomic mass is 9.89. The zero-order valence-electron chi connectivity index (χ0n) is 11.7. The molecule has 4 nitrogen and oxygen atoms in total. The summed E-state index contributed by atoms with van der Waals surface area (Å²) in [6, 6.07) is 3.65. The quantitative estimate of drug-likeness (QED) is 0.902. The molecule has 1 saturated heterocycles. The van der Waals surface area contributed by atoms with Crippen molar-refractivity contribution in [1.82, 2.24) is 4.90 Å². The molecule has 2 unspecified atom stereocenters. The summed E-state index contributed by atoms with van der Waals surface area (Å²) in [5.41, 5.74) is 0.258. The van der Waals surface area contributed by atoms with Crippen molar-refractivity contribution in [2.75, 3.05) is 6.54 Å². The van der Waals surface area contributed by atoms with E-state index in [9.17, 15) is 19.1 Å². The first-order chi connectivity index (χ1) is 9.95. The number of aliphatic carboxylic acids is 1. The van der Waals surface area contributed by atoms with Crippen molar-refractivity contribution in [2.45, 2.75) is 32.2 Å². The Kier molecular flexibility index (Phi) is 4.98. The number of carboxylic acid groups (broad SMARTS) is 1. The largest absolute Gasteiger partial charge is 0.481 e. The first-order valence-electron chi connectivity index (χ1n) is 6.93. The topological polar surface area (TPSA) is 57.6 Å². The van der Waals surface area contributed by atoms with E-state index in [1.807, 2.05) is 0 Å². The van der Waals surface area contributed by atoms with E-state index in [0.29, 0.717) is 30.3 Å². The Hall–Kier alpha value is -1.43. The molecule has 2 atom stereocenters. The molecule has 0 saturated carbocycles. The fraction of sp³-hybridized carbons (Fsp3) is 0.467. The van der Waals surface area contributed by atoms with Crippen LogP contribution in [0.2, 0.25) is 0 Å². The lowest BCUT2D eigenvalue weighted by Crippen LogP contribution is -2.39. The summed E-state index contributed by atoms with van der Waals surface area (Å²) in [5, 5.41) is 9.48. The summed E-state index contributed by atoms with van der Waals surface area (Å²) < 4.78 is 14.9. The molecule has 21 heavy (non-hydrogen) atoms. The molecule has 1 aromatic rings. The number of hydrogen-bond donors (Lipinski definition) is 1. The lowest BCUT2D eigenvalue weighted by Gasteiger charge is -2.33. The molecule has 0 spiro atoms. The van der Waals surface area contributed by atoms with E-state index in [1.165, 1.54) is 11.0 Å². The Balaban J connectivity index is 2.56. The molecule has 1 aliphatic heterocycles. The Labute approximate surface area is 131 Å². The highest BCUT2D eigenvalue weighted by molar-refractivity contribution is 9.10. The normalized spacial score (nSPS) is 23.0. The summed E-state index contributed by atoms with van der Waals surface area (Å²) in [6.45, 7) is 2.14. The van der Waals surface area contributed by atoms with E-state index in [4.69, 9.17) is 0 Å². The molecular formula is C15H17BrFNO3. The number of likely N-dealkylation sites (tertiary alicyclic amines) is 1. The highest BCUT2D eigenvalue weighted by Crippen LogP contribution is 2.37. The predicted octanol–water partition coefficient (Wildman–Crippen LogP) is 3.36. The van der Waals surface area contributed by atoms with Gasteiger partial charge in [0, 0.05) is 23.0 Å². The number of nitrogens with zero attached hydrogens (tertiary/aromatic N) is 1. The highest BCUT2D eigenvalue weighted by Gasteiger charge is 2.39. The van der Waals surface area contributed by atoms with Crippen LogP contribution in [0.5, 0.6) is 0 Å². The summed E-state index contributed by atoms with van der Waals surface area (Å²) >= 11 is 3.28. The standard InChI is InChI=1S/C15H17BrFNO3/c1-2-18-13(19)5-3-4-10(15(20)21)14(18)11-8-9(16)6-7-12(11)17/h6-8,10,14H,2-5H2,1H3,(H,20,21). The smallest absolute Gasteiger partial charge is 0.308 e. The van der Waals surface area contributed by atoms with E-state index < -0.39 is 23.7 Å². The van der Waals surface area contributed by atoms with Crippen LogP contribution in [0.15, 0.2) is 22.7 Å². The molecule has 1 N–H and O–H groups in total. The van der Waals surface area contributed by atoms with Crippen LogP contribution < -0.4 is 0 Å². The van der Waals surface area contributed by atoms with Crippen molar-refractivity contribution >= 4 is 27.8 Å². The second kappa shape index (κ2) is 6.56. The van der Waals surface area contributed by atoms with E-state index in [2.05, 4.69) is 15.9 Å². The third-order valence-corrected chi connectivity index (χ3v) is 4.37. The number of carbonyl (C=O) groups excluding carboxylic acids is 1. The molecule has 1 heterocycles. The molecule has 1 amide bonds. The number of rotatable bonds is 3. The molecule has 2 rings (SSSR count). The maximum absolute atomic E-state index is 14.2. The Morgan fingerprint density at radius 2 is 2.24 bits per heavy atom. The zero-order chi connectivity index (χ0) is 15.6. The highest BCUT2D eigenvalue weighted by atomic mass is 79.9. The molecule has 1 aliphatic rings. The number of hydrogen-bond acceptors (Lipinski definition) is 2. The SMILES string of the molecule is CCN1C(=O)CCCC(C(=O)O)C1c1cc(Br)ccc1F. The second-order valence-corrected chi connectivity index (χ2v) is 6.04. The van der Waals surface area contributed by atoms with Gasteiger partial charge in [0.15, 0.2) is 0 Å². The second-order valence-electron chi connectivity index (χ2n) is 5.13. The maximum atomic E-state index is 14.2. The van der Waals surface area contributed by atoms with Crippen LogP contribution in [0.3, 0.4) is 0 Å². The number of benzene rings is 1. The van der Waals surface area contributed by atoms with Crippen molar-refractivity contribution in [3.63, 3.8) is 0 Å². The molecule has 0 radical (unpaired) electrons. The summed E-state index contributed by atoms with van der Waals surface area (Å²) in [4.78, 5) is 25.3. The molecule has 1 fully saturated rings. The first kappa shape index (κ1) is 15.9. The fourth-order valence-electron chi connectivity index (χ4n) is 2.90. The van der Waals surface area contributed by atoms with Gasteiger partial charge < -0.3 is 10.0 Å². The van der Waals surface area contributed by atoms with Gasteiger partial charge in [-0.15, -0.1) is 0 Å². The van der Waals surface area contributed by atoms with Gasteiger partial charge in [0.05, 0.1) is 12.0 Å². The van der Waals surface area contributed by atoms with Gasteiger partial charge in [-0.1, -0.05) is 15.9 Å². The van der Waals surface area contributed by atoms with Crippen molar-refractivity contribution in [1.29, 1.82) is 0 Å². The molecule has 0 bridgehead atoms. The number of halogens is 2. The van der Waals surface area contributed by atoms with Crippen LogP contribution in [0.4, 0.5) is 4.39 Å². The third kappa shape index (κ3) is 3.26. The van der Waals surface area contributed by atoms with Gasteiger partial charge in [0.25, 0.3) is 0 Å². The van der Waals surface area contributed by atoms with E-state index >= 15 is 0 Å². The average Bonchev–Trinajstić information content (AvgIpc) is 2.60. The maximum Gasteiger partial charge on any atom is 0.308 e. The van der Waals surface area contributed by atoms with Crippen LogP contribution in [0.25, 0.3) is 0 Å². The zero-order valence-corrected chi connectivity index (χ0v) is 13.3. The molecule has 0 aliphatic carbocycles. The van der Waals surface area contributed by atoms with Crippen LogP contribution in [0.1, 0.15) is 37.8 Å². The van der Waals surface area contributed by atoms with Crippen molar-refractivity contribution in [3.05, 3.63) is 34.1 Å². The number of carboxylic acids is 1. The van der Waals surface area contributed by atoms with E-state index in [1.54, 1.807) is 19.1 Å². The molecule has 6 heteroatoms. The Morgan fingerprint density at radius 1 is 1.52 bits per heavy atom. The van der Waals surface area contributed by atoms with Crippen LogP contribution >= 0.6 is 15.9 Å². The van der Waals surface area contributed by atoms with Crippen LogP contribution in [-0.2, 0) is 9.59 Å². The number of amides is 1. The molecular weight excluding hydrogens is 341 g/mol. The molecule has 0 aromatic heterocycles. The minimum Gasteiger partial charge on any atom is -0.481 e. The molecule has 1 aromatic carbocycles. The van der Waals surface area contributed by atoms with Gasteiger partial charge in [0.1, 0.15) is 5.82 Å². The van der Waals surface area contributed by atoms with Crippen molar-refractivity contribution < 1.29 is 19.1 Å². The van der Waals surface area contributed by atoms with Crippen LogP contribution in [-0.4, -0.2) is 28.4 Å². The van der Waals surface area contributed by atoms with Gasteiger partial charge >= 0.3 is 5.97 Å². The monoisotopic (exact) mass is 357 g/mol.